The number of rotatable bonds is 2. The minimum absolute atomic E-state index is 0.150. The van der Waals surface area contributed by atoms with Crippen LogP contribution in [0.5, 0.6) is 0 Å². The van der Waals surface area contributed by atoms with Gasteiger partial charge in [0.15, 0.2) is 0 Å². The van der Waals surface area contributed by atoms with E-state index in [2.05, 4.69) is 6.92 Å². The molecule has 4 rings (SSSR count). The number of aromatic nitrogens is 1. The fourth-order valence-corrected chi connectivity index (χ4v) is 5.85. The molecule has 2 aliphatic rings. The van der Waals surface area contributed by atoms with Crippen molar-refractivity contribution in [2.24, 2.45) is 17.8 Å². The molecule has 0 atom stereocenters. The lowest BCUT2D eigenvalue weighted by atomic mass is 9.69. The van der Waals surface area contributed by atoms with Crippen molar-refractivity contribution in [3.63, 3.8) is 0 Å². The third-order valence-electron chi connectivity index (χ3n) is 6.22. The number of fused-ring (bicyclic) bond motifs is 1. The van der Waals surface area contributed by atoms with Crippen LogP contribution in [0, 0.1) is 23.6 Å². The lowest BCUT2D eigenvalue weighted by Crippen LogP contribution is -2.24. The Labute approximate surface area is 142 Å². The van der Waals surface area contributed by atoms with Gasteiger partial charge in [0.1, 0.15) is 5.82 Å². The van der Waals surface area contributed by atoms with Crippen LogP contribution in [0.4, 0.5) is 4.39 Å². The van der Waals surface area contributed by atoms with Crippen LogP contribution in [0.25, 0.3) is 10.2 Å². The van der Waals surface area contributed by atoms with E-state index in [1.165, 1.54) is 62.4 Å². The van der Waals surface area contributed by atoms with E-state index in [9.17, 15) is 4.39 Å². The minimum Gasteiger partial charge on any atom is -0.241 e. The first kappa shape index (κ1) is 15.6. The van der Waals surface area contributed by atoms with Crippen molar-refractivity contribution in [1.82, 2.24) is 4.98 Å². The minimum atomic E-state index is -0.150. The molecule has 0 N–H and O–H groups in total. The quantitative estimate of drug-likeness (QED) is 0.609. The first-order valence-electron chi connectivity index (χ1n) is 9.25. The molecule has 1 heterocycles. The van der Waals surface area contributed by atoms with Crippen molar-refractivity contribution < 1.29 is 4.39 Å². The van der Waals surface area contributed by atoms with E-state index in [0.29, 0.717) is 5.92 Å². The summed E-state index contributed by atoms with van der Waals surface area (Å²) in [5.74, 6) is 3.34. The molecule has 2 aromatic rings. The molecule has 0 amide bonds. The molecule has 1 nitrogen and oxygen atoms in total. The molecule has 124 valence electrons. The van der Waals surface area contributed by atoms with Gasteiger partial charge in [-0.2, -0.15) is 0 Å². The fraction of sp³-hybridized carbons (Fsp3) is 0.650. The Morgan fingerprint density at radius 2 is 1.61 bits per heavy atom. The zero-order valence-electron chi connectivity index (χ0n) is 13.9. The van der Waals surface area contributed by atoms with Crippen LogP contribution >= 0.6 is 11.3 Å². The van der Waals surface area contributed by atoms with Crippen molar-refractivity contribution in [1.29, 1.82) is 0 Å². The number of halogens is 1. The maximum absolute atomic E-state index is 13.4. The van der Waals surface area contributed by atoms with Crippen LogP contribution in [-0.4, -0.2) is 4.98 Å². The summed E-state index contributed by atoms with van der Waals surface area (Å²) >= 11 is 1.70. The van der Waals surface area contributed by atoms with Gasteiger partial charge in [0.2, 0.25) is 0 Å². The van der Waals surface area contributed by atoms with Crippen LogP contribution in [0.15, 0.2) is 18.2 Å². The number of hydrogen-bond acceptors (Lipinski definition) is 2. The van der Waals surface area contributed by atoms with Gasteiger partial charge in [-0.1, -0.05) is 19.8 Å². The summed E-state index contributed by atoms with van der Waals surface area (Å²) < 4.78 is 14.4. The number of thiazole rings is 1. The van der Waals surface area contributed by atoms with Crippen molar-refractivity contribution >= 4 is 21.6 Å². The molecule has 1 aromatic carbocycles. The lowest BCUT2D eigenvalue weighted by Gasteiger charge is -2.36. The highest BCUT2D eigenvalue weighted by Gasteiger charge is 2.31. The van der Waals surface area contributed by atoms with Crippen molar-refractivity contribution in [2.45, 2.75) is 64.2 Å². The molecular formula is C20H26FNS. The van der Waals surface area contributed by atoms with Gasteiger partial charge in [-0.3, -0.25) is 0 Å². The van der Waals surface area contributed by atoms with E-state index in [-0.39, 0.29) is 5.82 Å². The number of nitrogens with zero attached hydrogens (tertiary/aromatic N) is 1. The zero-order valence-corrected chi connectivity index (χ0v) is 14.7. The third kappa shape index (κ3) is 3.31. The topological polar surface area (TPSA) is 12.9 Å². The van der Waals surface area contributed by atoms with E-state index < -0.39 is 0 Å². The van der Waals surface area contributed by atoms with Crippen molar-refractivity contribution in [3.05, 3.63) is 29.0 Å². The molecule has 0 saturated heterocycles. The van der Waals surface area contributed by atoms with Gasteiger partial charge in [-0.05, 0) is 74.5 Å². The summed E-state index contributed by atoms with van der Waals surface area (Å²) in [6, 6.07) is 4.97. The molecule has 2 saturated carbocycles. The Hall–Kier alpha value is -0.960. The second-order valence-electron chi connectivity index (χ2n) is 7.80. The summed E-state index contributed by atoms with van der Waals surface area (Å²) in [4.78, 5) is 4.78. The Bertz CT molecular complexity index is 663. The van der Waals surface area contributed by atoms with E-state index in [1.807, 2.05) is 6.07 Å². The van der Waals surface area contributed by atoms with Crippen LogP contribution in [-0.2, 0) is 0 Å². The highest BCUT2D eigenvalue weighted by Crippen LogP contribution is 2.44. The molecule has 0 bridgehead atoms. The average molecular weight is 332 g/mol. The highest BCUT2D eigenvalue weighted by atomic mass is 32.1. The predicted octanol–water partition coefficient (Wildman–Crippen LogP) is 6.54. The molecule has 2 fully saturated rings. The fourth-order valence-electron chi connectivity index (χ4n) is 4.69. The first-order chi connectivity index (χ1) is 11.2. The zero-order chi connectivity index (χ0) is 15.8. The summed E-state index contributed by atoms with van der Waals surface area (Å²) in [6.07, 6.45) is 11.1. The smallest absolute Gasteiger partial charge is 0.124 e. The molecule has 0 aliphatic heterocycles. The van der Waals surface area contributed by atoms with Crippen LogP contribution < -0.4 is 0 Å². The number of hydrogen-bond donors (Lipinski definition) is 0. The Morgan fingerprint density at radius 1 is 0.957 bits per heavy atom. The summed E-state index contributed by atoms with van der Waals surface area (Å²) in [6.45, 7) is 2.41. The van der Waals surface area contributed by atoms with Gasteiger partial charge < -0.3 is 0 Å². The van der Waals surface area contributed by atoms with Gasteiger partial charge in [0, 0.05) is 5.92 Å². The molecule has 0 unspecified atom stereocenters. The Balaban J connectivity index is 1.40. The van der Waals surface area contributed by atoms with Crippen LogP contribution in [0.1, 0.15) is 69.2 Å². The molecule has 0 radical (unpaired) electrons. The number of benzene rings is 1. The SMILES string of the molecule is CC1CCC(C2CCC(c3nc4ccc(F)cc4s3)CC2)CC1. The standard InChI is InChI=1S/C20H26FNS/c1-13-2-4-14(5-3-13)15-6-8-16(9-7-15)20-22-18-11-10-17(21)12-19(18)23-20/h10-16H,2-9H2,1H3. The van der Waals surface area contributed by atoms with Gasteiger partial charge in [-0.25, -0.2) is 9.37 Å². The molecule has 2 aliphatic carbocycles. The van der Waals surface area contributed by atoms with E-state index in [4.69, 9.17) is 4.98 Å². The predicted molar refractivity (Wildman–Crippen MR) is 95.4 cm³/mol. The summed E-state index contributed by atoms with van der Waals surface area (Å²) in [5, 5.41) is 1.24. The van der Waals surface area contributed by atoms with E-state index in [0.717, 1.165) is 28.0 Å². The lowest BCUT2D eigenvalue weighted by molar-refractivity contribution is 0.165. The monoisotopic (exact) mass is 331 g/mol. The van der Waals surface area contributed by atoms with Gasteiger partial charge in [-0.15, -0.1) is 11.3 Å². The van der Waals surface area contributed by atoms with Gasteiger partial charge in [0.25, 0.3) is 0 Å². The second kappa shape index (κ2) is 6.51. The van der Waals surface area contributed by atoms with E-state index in [1.54, 1.807) is 17.4 Å². The summed E-state index contributed by atoms with van der Waals surface area (Å²) in [7, 11) is 0. The Morgan fingerprint density at radius 3 is 2.30 bits per heavy atom. The van der Waals surface area contributed by atoms with Crippen molar-refractivity contribution in [3.8, 4) is 0 Å². The molecule has 23 heavy (non-hydrogen) atoms. The average Bonchev–Trinajstić information content (AvgIpc) is 2.99. The molecule has 3 heteroatoms. The van der Waals surface area contributed by atoms with Crippen LogP contribution in [0.3, 0.4) is 0 Å². The largest absolute Gasteiger partial charge is 0.241 e. The van der Waals surface area contributed by atoms with Crippen LogP contribution in [0.2, 0.25) is 0 Å². The maximum atomic E-state index is 13.4. The molecular weight excluding hydrogens is 305 g/mol. The van der Waals surface area contributed by atoms with E-state index >= 15 is 0 Å². The van der Waals surface area contributed by atoms with Crippen molar-refractivity contribution in [2.75, 3.05) is 0 Å². The molecule has 1 aromatic heterocycles. The highest BCUT2D eigenvalue weighted by molar-refractivity contribution is 7.18. The normalized spacial score (nSPS) is 32.3. The summed E-state index contributed by atoms with van der Waals surface area (Å²) in [5.41, 5.74) is 0.967. The van der Waals surface area contributed by atoms with Gasteiger partial charge >= 0.3 is 0 Å². The molecule has 0 spiro atoms. The second-order valence-corrected chi connectivity index (χ2v) is 8.86. The first-order valence-corrected chi connectivity index (χ1v) is 10.1. The van der Waals surface area contributed by atoms with Gasteiger partial charge in [0.05, 0.1) is 15.2 Å². The Kier molecular flexibility index (Phi) is 4.40. The third-order valence-corrected chi connectivity index (χ3v) is 7.40. The maximum Gasteiger partial charge on any atom is 0.124 e.